The molecule has 0 atom stereocenters. The Kier molecular flexibility index (Phi) is 8.17. The first kappa shape index (κ1) is 20.8. The maximum absolute atomic E-state index is 5.92. The van der Waals surface area contributed by atoms with E-state index in [1.165, 1.54) is 5.69 Å². The summed E-state index contributed by atoms with van der Waals surface area (Å²) in [5.41, 5.74) is 3.40. The molecule has 0 unspecified atom stereocenters. The van der Waals surface area contributed by atoms with Crippen molar-refractivity contribution in [1.29, 1.82) is 0 Å². The highest BCUT2D eigenvalue weighted by Gasteiger charge is 2.06. The number of ether oxygens (including phenoxy) is 1. The summed E-state index contributed by atoms with van der Waals surface area (Å²) in [5, 5.41) is 11.2. The SMILES string of the molecule is CN=C(NCCCn1nc(C)cc1C)NCc1ccccc1OCC(C)C. The fraction of sp³-hybridized carbons (Fsp3) is 0.524. The zero-order valence-electron chi connectivity index (χ0n) is 17.2. The molecule has 0 spiro atoms. The molecule has 2 N–H and O–H groups in total. The van der Waals surface area contributed by atoms with E-state index < -0.39 is 0 Å². The highest BCUT2D eigenvalue weighted by molar-refractivity contribution is 5.79. The van der Waals surface area contributed by atoms with Crippen LogP contribution in [0.1, 0.15) is 37.2 Å². The molecule has 6 nitrogen and oxygen atoms in total. The Morgan fingerprint density at radius 1 is 1.22 bits per heavy atom. The molecule has 2 aromatic rings. The number of aliphatic imine (C=N–C) groups is 1. The summed E-state index contributed by atoms with van der Waals surface area (Å²) in [6.45, 7) is 11.5. The predicted molar refractivity (Wildman–Crippen MR) is 111 cm³/mol. The predicted octanol–water partition coefficient (Wildman–Crippen LogP) is 3.29. The number of hydrogen-bond donors (Lipinski definition) is 2. The molecule has 2 rings (SSSR count). The largest absolute Gasteiger partial charge is 0.493 e. The van der Waals surface area contributed by atoms with Crippen molar-refractivity contribution >= 4 is 5.96 Å². The number of nitrogens with one attached hydrogen (secondary N) is 2. The van der Waals surface area contributed by atoms with Crippen LogP contribution >= 0.6 is 0 Å². The first-order valence-electron chi connectivity index (χ1n) is 9.66. The van der Waals surface area contributed by atoms with Crippen LogP contribution in [-0.2, 0) is 13.1 Å². The van der Waals surface area contributed by atoms with E-state index in [0.717, 1.165) is 49.1 Å². The molecular weight excluding hydrogens is 338 g/mol. The Morgan fingerprint density at radius 3 is 2.67 bits per heavy atom. The molecule has 6 heteroatoms. The van der Waals surface area contributed by atoms with E-state index in [0.29, 0.717) is 12.5 Å². The molecule has 1 aromatic carbocycles. The normalized spacial score (nSPS) is 11.7. The number of guanidine groups is 1. The standard InChI is InChI=1S/C21H33N5O/c1-16(2)15-27-20-10-7-6-9-19(20)14-24-21(22-5)23-11-8-12-26-18(4)13-17(3)25-26/h6-7,9-10,13,16H,8,11-12,14-15H2,1-5H3,(H2,22,23,24). The molecule has 0 saturated heterocycles. The van der Waals surface area contributed by atoms with Crippen LogP contribution in [-0.4, -0.2) is 35.9 Å². The Labute approximate surface area is 163 Å². The number of benzene rings is 1. The van der Waals surface area contributed by atoms with Crippen molar-refractivity contribution < 1.29 is 4.74 Å². The molecule has 0 radical (unpaired) electrons. The van der Waals surface area contributed by atoms with Crippen molar-refractivity contribution in [3.8, 4) is 5.75 Å². The number of aromatic nitrogens is 2. The van der Waals surface area contributed by atoms with Gasteiger partial charge in [0.15, 0.2) is 5.96 Å². The van der Waals surface area contributed by atoms with Gasteiger partial charge in [-0.25, -0.2) is 0 Å². The van der Waals surface area contributed by atoms with Gasteiger partial charge in [0.05, 0.1) is 12.3 Å². The van der Waals surface area contributed by atoms with E-state index in [4.69, 9.17) is 4.74 Å². The lowest BCUT2D eigenvalue weighted by Crippen LogP contribution is -2.37. The molecule has 0 saturated carbocycles. The van der Waals surface area contributed by atoms with Gasteiger partial charge in [-0.2, -0.15) is 5.10 Å². The second kappa shape index (κ2) is 10.6. The lowest BCUT2D eigenvalue weighted by atomic mass is 10.2. The van der Waals surface area contributed by atoms with Crippen molar-refractivity contribution in [2.45, 2.75) is 47.2 Å². The van der Waals surface area contributed by atoms with Crippen molar-refractivity contribution in [3.63, 3.8) is 0 Å². The summed E-state index contributed by atoms with van der Waals surface area (Å²) in [6.07, 6.45) is 0.983. The summed E-state index contributed by atoms with van der Waals surface area (Å²) < 4.78 is 7.97. The van der Waals surface area contributed by atoms with E-state index in [1.54, 1.807) is 7.05 Å². The molecule has 27 heavy (non-hydrogen) atoms. The molecule has 1 heterocycles. The van der Waals surface area contributed by atoms with Crippen molar-refractivity contribution in [3.05, 3.63) is 47.3 Å². The summed E-state index contributed by atoms with van der Waals surface area (Å²) in [5.74, 6) is 2.23. The lowest BCUT2D eigenvalue weighted by molar-refractivity contribution is 0.268. The molecule has 0 amide bonds. The van der Waals surface area contributed by atoms with Crippen LogP contribution in [0.5, 0.6) is 5.75 Å². The molecule has 0 aliphatic heterocycles. The third kappa shape index (κ3) is 6.96. The van der Waals surface area contributed by atoms with Gasteiger partial charge in [-0.15, -0.1) is 0 Å². The van der Waals surface area contributed by atoms with E-state index >= 15 is 0 Å². The van der Waals surface area contributed by atoms with E-state index in [1.807, 2.05) is 25.1 Å². The second-order valence-electron chi connectivity index (χ2n) is 7.17. The fourth-order valence-corrected chi connectivity index (χ4v) is 2.78. The molecule has 0 bridgehead atoms. The van der Waals surface area contributed by atoms with Gasteiger partial charge < -0.3 is 15.4 Å². The van der Waals surface area contributed by atoms with Gasteiger partial charge in [0.1, 0.15) is 5.75 Å². The first-order chi connectivity index (χ1) is 13.0. The maximum atomic E-state index is 5.92. The summed E-state index contributed by atoms with van der Waals surface area (Å²) >= 11 is 0. The van der Waals surface area contributed by atoms with E-state index in [2.05, 4.69) is 58.3 Å². The van der Waals surface area contributed by atoms with Crippen LogP contribution in [0.4, 0.5) is 0 Å². The van der Waals surface area contributed by atoms with Crippen LogP contribution in [0.25, 0.3) is 0 Å². The number of hydrogen-bond acceptors (Lipinski definition) is 3. The van der Waals surface area contributed by atoms with E-state index in [-0.39, 0.29) is 0 Å². The quantitative estimate of drug-likeness (QED) is 0.403. The maximum Gasteiger partial charge on any atom is 0.191 e. The van der Waals surface area contributed by atoms with Gasteiger partial charge in [-0.05, 0) is 38.3 Å². The van der Waals surface area contributed by atoms with Gasteiger partial charge in [0, 0.05) is 37.9 Å². The number of aryl methyl sites for hydroxylation is 3. The second-order valence-corrected chi connectivity index (χ2v) is 7.17. The number of nitrogens with zero attached hydrogens (tertiary/aromatic N) is 3. The van der Waals surface area contributed by atoms with Crippen LogP contribution < -0.4 is 15.4 Å². The monoisotopic (exact) mass is 371 g/mol. The molecule has 1 aromatic heterocycles. The van der Waals surface area contributed by atoms with Crippen LogP contribution in [0.15, 0.2) is 35.3 Å². The molecule has 0 fully saturated rings. The van der Waals surface area contributed by atoms with Gasteiger partial charge in [0.25, 0.3) is 0 Å². The molecule has 148 valence electrons. The molecular formula is C21H33N5O. The van der Waals surface area contributed by atoms with Gasteiger partial charge in [0.2, 0.25) is 0 Å². The number of rotatable bonds is 9. The van der Waals surface area contributed by atoms with Gasteiger partial charge in [-0.3, -0.25) is 9.67 Å². The van der Waals surface area contributed by atoms with Gasteiger partial charge in [-0.1, -0.05) is 32.0 Å². The smallest absolute Gasteiger partial charge is 0.191 e. The molecule has 0 aliphatic rings. The summed E-state index contributed by atoms with van der Waals surface area (Å²) in [6, 6.07) is 10.2. The summed E-state index contributed by atoms with van der Waals surface area (Å²) in [7, 11) is 1.79. The van der Waals surface area contributed by atoms with Crippen molar-refractivity contribution in [2.24, 2.45) is 10.9 Å². The Hall–Kier alpha value is -2.50. The highest BCUT2D eigenvalue weighted by Crippen LogP contribution is 2.18. The topological polar surface area (TPSA) is 63.5 Å². The fourth-order valence-electron chi connectivity index (χ4n) is 2.78. The Bertz CT molecular complexity index is 736. The minimum Gasteiger partial charge on any atom is -0.493 e. The summed E-state index contributed by atoms with van der Waals surface area (Å²) in [4.78, 5) is 4.30. The zero-order valence-corrected chi connectivity index (χ0v) is 17.2. The number of para-hydroxylation sites is 1. The van der Waals surface area contributed by atoms with Crippen molar-refractivity contribution in [1.82, 2.24) is 20.4 Å². The minimum atomic E-state index is 0.502. The van der Waals surface area contributed by atoms with E-state index in [9.17, 15) is 0 Å². The molecule has 0 aliphatic carbocycles. The average Bonchev–Trinajstić information content (AvgIpc) is 2.97. The van der Waals surface area contributed by atoms with Crippen LogP contribution in [0.3, 0.4) is 0 Å². The van der Waals surface area contributed by atoms with Gasteiger partial charge >= 0.3 is 0 Å². The van der Waals surface area contributed by atoms with Crippen LogP contribution in [0.2, 0.25) is 0 Å². The Morgan fingerprint density at radius 2 is 2.00 bits per heavy atom. The highest BCUT2D eigenvalue weighted by atomic mass is 16.5. The zero-order chi connectivity index (χ0) is 19.6. The van der Waals surface area contributed by atoms with Crippen LogP contribution in [0, 0.1) is 19.8 Å². The average molecular weight is 372 g/mol. The first-order valence-corrected chi connectivity index (χ1v) is 9.66. The third-order valence-electron chi connectivity index (χ3n) is 4.16. The lowest BCUT2D eigenvalue weighted by Gasteiger charge is -2.15. The Balaban J connectivity index is 1.78. The van der Waals surface area contributed by atoms with Crippen molar-refractivity contribution in [2.75, 3.05) is 20.2 Å². The third-order valence-corrected chi connectivity index (χ3v) is 4.16. The minimum absolute atomic E-state index is 0.502.